The molecule has 21 heavy (non-hydrogen) atoms. The fourth-order valence-electron chi connectivity index (χ4n) is 2.65. The predicted octanol–water partition coefficient (Wildman–Crippen LogP) is 4.69. The molecule has 0 fully saturated rings. The highest BCUT2D eigenvalue weighted by molar-refractivity contribution is 6.11. The molecule has 2 rings (SSSR count). The lowest BCUT2D eigenvalue weighted by Gasteiger charge is -2.14. The average Bonchev–Trinajstić information content (AvgIpc) is 2.50. The Morgan fingerprint density at radius 1 is 1.10 bits per heavy atom. The second-order valence-electron chi connectivity index (χ2n) is 5.84. The highest BCUT2D eigenvalue weighted by Crippen LogP contribution is 2.25. The molecule has 0 aliphatic heterocycles. The molecule has 0 aromatic heterocycles. The molecule has 0 radical (unpaired) electrons. The Labute approximate surface area is 128 Å². The Morgan fingerprint density at radius 2 is 1.86 bits per heavy atom. The van der Waals surface area contributed by atoms with Crippen LogP contribution >= 0.6 is 0 Å². The summed E-state index contributed by atoms with van der Waals surface area (Å²) in [7, 11) is 0. The van der Waals surface area contributed by atoms with Gasteiger partial charge in [-0.05, 0) is 55.5 Å². The second-order valence-corrected chi connectivity index (χ2v) is 5.84. The van der Waals surface area contributed by atoms with Gasteiger partial charge in [0.05, 0.1) is 5.71 Å². The van der Waals surface area contributed by atoms with Gasteiger partial charge in [-0.25, -0.2) is 0 Å². The number of nitrogens with zero attached hydrogens (tertiary/aromatic N) is 1. The molecule has 0 spiro atoms. The van der Waals surface area contributed by atoms with Crippen LogP contribution in [0.15, 0.2) is 35.4 Å². The summed E-state index contributed by atoms with van der Waals surface area (Å²) >= 11 is 0. The zero-order valence-electron chi connectivity index (χ0n) is 13.8. The topological polar surface area (TPSA) is 24.4 Å². The Morgan fingerprint density at radius 3 is 2.48 bits per heavy atom. The van der Waals surface area contributed by atoms with Crippen molar-refractivity contribution in [2.45, 2.75) is 53.5 Å². The quantitative estimate of drug-likeness (QED) is 0.624. The molecule has 0 amide bonds. The van der Waals surface area contributed by atoms with E-state index in [1.54, 1.807) is 0 Å². The standard InChI is InChI=1S/C19H26N2/c1-6-15-8-11-18-17(12-15)10-9-16(7-2)19(18)14(5)21-20-13(3)4/h8-13,20H,6-7H2,1-5H3/b21-14+. The van der Waals surface area contributed by atoms with Crippen molar-refractivity contribution in [3.8, 4) is 0 Å². The molecule has 0 heterocycles. The number of hydrogen-bond donors (Lipinski definition) is 1. The van der Waals surface area contributed by atoms with E-state index < -0.39 is 0 Å². The van der Waals surface area contributed by atoms with Gasteiger partial charge in [0.25, 0.3) is 0 Å². The van der Waals surface area contributed by atoms with Gasteiger partial charge in [-0.15, -0.1) is 0 Å². The van der Waals surface area contributed by atoms with E-state index in [-0.39, 0.29) is 0 Å². The minimum absolute atomic E-state index is 0.353. The van der Waals surface area contributed by atoms with Crippen molar-refractivity contribution in [2.75, 3.05) is 0 Å². The summed E-state index contributed by atoms with van der Waals surface area (Å²) in [6.45, 7) is 10.7. The molecule has 2 nitrogen and oxygen atoms in total. The molecule has 2 aromatic rings. The van der Waals surface area contributed by atoms with Crippen molar-refractivity contribution >= 4 is 16.5 Å². The molecule has 2 aromatic carbocycles. The summed E-state index contributed by atoms with van der Waals surface area (Å²) < 4.78 is 0. The van der Waals surface area contributed by atoms with E-state index in [0.29, 0.717) is 6.04 Å². The molecule has 2 heteroatoms. The number of fused-ring (bicyclic) bond motifs is 1. The third kappa shape index (κ3) is 3.44. The van der Waals surface area contributed by atoms with Crippen molar-refractivity contribution in [3.05, 3.63) is 47.0 Å². The van der Waals surface area contributed by atoms with Crippen LogP contribution in [0.25, 0.3) is 10.8 Å². The number of rotatable bonds is 5. The van der Waals surface area contributed by atoms with E-state index in [0.717, 1.165) is 18.6 Å². The molecular weight excluding hydrogens is 256 g/mol. The summed E-state index contributed by atoms with van der Waals surface area (Å²) in [4.78, 5) is 0. The van der Waals surface area contributed by atoms with E-state index in [4.69, 9.17) is 0 Å². The minimum Gasteiger partial charge on any atom is -0.307 e. The molecule has 0 saturated carbocycles. The first-order valence-corrected chi connectivity index (χ1v) is 7.91. The summed E-state index contributed by atoms with van der Waals surface area (Å²) in [5.41, 5.74) is 8.26. The van der Waals surface area contributed by atoms with E-state index in [2.05, 4.69) is 75.5 Å². The van der Waals surface area contributed by atoms with Crippen molar-refractivity contribution < 1.29 is 0 Å². The van der Waals surface area contributed by atoms with Gasteiger partial charge < -0.3 is 5.43 Å². The van der Waals surface area contributed by atoms with Gasteiger partial charge >= 0.3 is 0 Å². The van der Waals surface area contributed by atoms with Crippen LogP contribution in [0.5, 0.6) is 0 Å². The summed E-state index contributed by atoms with van der Waals surface area (Å²) in [5, 5.41) is 7.17. The summed E-state index contributed by atoms with van der Waals surface area (Å²) in [5.74, 6) is 0. The fraction of sp³-hybridized carbons (Fsp3) is 0.421. The third-order valence-electron chi connectivity index (χ3n) is 3.81. The smallest absolute Gasteiger partial charge is 0.0653 e. The molecule has 1 N–H and O–H groups in total. The molecule has 0 atom stereocenters. The first-order valence-electron chi connectivity index (χ1n) is 7.91. The molecule has 112 valence electrons. The Balaban J connectivity index is 2.60. The Bertz CT molecular complexity index is 654. The summed E-state index contributed by atoms with van der Waals surface area (Å²) in [6.07, 6.45) is 2.10. The number of hydrogen-bond acceptors (Lipinski definition) is 2. The maximum Gasteiger partial charge on any atom is 0.0653 e. The number of nitrogens with one attached hydrogen (secondary N) is 1. The largest absolute Gasteiger partial charge is 0.307 e. The van der Waals surface area contributed by atoms with Crippen LogP contribution in [0.4, 0.5) is 0 Å². The molecule has 0 bridgehead atoms. The number of aryl methyl sites for hydroxylation is 2. The monoisotopic (exact) mass is 282 g/mol. The van der Waals surface area contributed by atoms with Crippen LogP contribution in [-0.2, 0) is 12.8 Å². The van der Waals surface area contributed by atoms with Crippen LogP contribution in [0.1, 0.15) is 51.3 Å². The van der Waals surface area contributed by atoms with Crippen molar-refractivity contribution in [2.24, 2.45) is 5.10 Å². The lowest BCUT2D eigenvalue weighted by Crippen LogP contribution is -2.18. The van der Waals surface area contributed by atoms with E-state index in [1.807, 2.05) is 0 Å². The SMILES string of the molecule is CCc1ccc2c(/C(C)=N/NC(C)C)c(CC)ccc2c1. The molecule has 0 aliphatic rings. The normalized spacial score (nSPS) is 12.2. The first kappa shape index (κ1) is 15.6. The maximum absolute atomic E-state index is 4.56. The van der Waals surface area contributed by atoms with Crippen LogP contribution in [0.2, 0.25) is 0 Å². The van der Waals surface area contributed by atoms with Crippen molar-refractivity contribution in [1.82, 2.24) is 5.43 Å². The van der Waals surface area contributed by atoms with Gasteiger partial charge in [0, 0.05) is 11.6 Å². The zero-order chi connectivity index (χ0) is 15.4. The summed E-state index contributed by atoms with van der Waals surface area (Å²) in [6, 6.07) is 11.6. The van der Waals surface area contributed by atoms with E-state index in [9.17, 15) is 0 Å². The Kier molecular flexibility index (Phi) is 5.00. The lowest BCUT2D eigenvalue weighted by atomic mass is 9.93. The van der Waals surface area contributed by atoms with Gasteiger partial charge in [0.2, 0.25) is 0 Å². The van der Waals surface area contributed by atoms with E-state index in [1.165, 1.54) is 27.5 Å². The van der Waals surface area contributed by atoms with Crippen molar-refractivity contribution in [3.63, 3.8) is 0 Å². The van der Waals surface area contributed by atoms with Gasteiger partial charge in [-0.3, -0.25) is 0 Å². The third-order valence-corrected chi connectivity index (χ3v) is 3.81. The molecule has 0 aliphatic carbocycles. The van der Waals surface area contributed by atoms with E-state index >= 15 is 0 Å². The van der Waals surface area contributed by atoms with Gasteiger partial charge in [-0.1, -0.05) is 44.2 Å². The number of benzene rings is 2. The van der Waals surface area contributed by atoms with Crippen LogP contribution < -0.4 is 5.43 Å². The molecule has 0 saturated heterocycles. The number of hydrazone groups is 1. The van der Waals surface area contributed by atoms with Gasteiger partial charge in [0.15, 0.2) is 0 Å². The maximum atomic E-state index is 4.56. The van der Waals surface area contributed by atoms with Crippen molar-refractivity contribution in [1.29, 1.82) is 0 Å². The molecule has 0 unspecified atom stereocenters. The lowest BCUT2D eigenvalue weighted by molar-refractivity contribution is 0.620. The van der Waals surface area contributed by atoms with Gasteiger partial charge in [-0.2, -0.15) is 5.10 Å². The van der Waals surface area contributed by atoms with Gasteiger partial charge in [0.1, 0.15) is 0 Å². The average molecular weight is 282 g/mol. The predicted molar refractivity (Wildman–Crippen MR) is 93.2 cm³/mol. The minimum atomic E-state index is 0.353. The fourth-order valence-corrected chi connectivity index (χ4v) is 2.65. The van der Waals surface area contributed by atoms with Crippen LogP contribution in [-0.4, -0.2) is 11.8 Å². The van der Waals surface area contributed by atoms with Crippen LogP contribution in [0.3, 0.4) is 0 Å². The molecular formula is C19H26N2. The first-order chi connectivity index (χ1) is 10.1. The van der Waals surface area contributed by atoms with Crippen LogP contribution in [0, 0.1) is 0 Å². The Hall–Kier alpha value is -1.83. The highest BCUT2D eigenvalue weighted by Gasteiger charge is 2.10. The second kappa shape index (κ2) is 6.75. The zero-order valence-corrected chi connectivity index (χ0v) is 13.8. The highest BCUT2D eigenvalue weighted by atomic mass is 15.3.